The SMILES string of the molecule is CC(C)(C)OC(=O)N1C[C@@H]2C(NC(=O)c3ccc(Br)nc3)[C@@H]2C1. The Morgan fingerprint density at radius 1 is 1.30 bits per heavy atom. The van der Waals surface area contributed by atoms with Crippen molar-refractivity contribution in [2.24, 2.45) is 11.8 Å². The third kappa shape index (κ3) is 3.65. The van der Waals surface area contributed by atoms with Crippen LogP contribution >= 0.6 is 15.9 Å². The van der Waals surface area contributed by atoms with Gasteiger partial charge in [0.05, 0.1) is 5.56 Å². The third-order valence-corrected chi connectivity index (χ3v) is 4.60. The number of aromatic nitrogens is 1. The summed E-state index contributed by atoms with van der Waals surface area (Å²) in [5.41, 5.74) is 0.0636. The van der Waals surface area contributed by atoms with E-state index in [4.69, 9.17) is 4.74 Å². The van der Waals surface area contributed by atoms with Crippen LogP contribution in [0.25, 0.3) is 0 Å². The molecular weight excluding hydrogens is 362 g/mol. The van der Waals surface area contributed by atoms with Crippen LogP contribution in [0.1, 0.15) is 31.1 Å². The van der Waals surface area contributed by atoms with Gasteiger partial charge in [-0.3, -0.25) is 4.79 Å². The fourth-order valence-electron chi connectivity index (χ4n) is 2.96. The molecule has 1 aliphatic heterocycles. The van der Waals surface area contributed by atoms with Crippen molar-refractivity contribution in [1.82, 2.24) is 15.2 Å². The highest BCUT2D eigenvalue weighted by Gasteiger charge is 2.57. The first-order valence-electron chi connectivity index (χ1n) is 7.65. The van der Waals surface area contributed by atoms with E-state index in [1.54, 1.807) is 23.2 Å². The van der Waals surface area contributed by atoms with E-state index in [1.807, 2.05) is 20.8 Å². The van der Waals surface area contributed by atoms with Gasteiger partial charge in [-0.25, -0.2) is 9.78 Å². The molecule has 1 aromatic heterocycles. The fraction of sp³-hybridized carbons (Fsp3) is 0.562. The average molecular weight is 382 g/mol. The first-order valence-corrected chi connectivity index (χ1v) is 8.44. The number of pyridine rings is 1. The zero-order chi connectivity index (χ0) is 16.8. The minimum absolute atomic E-state index is 0.117. The van der Waals surface area contributed by atoms with Gasteiger partial charge >= 0.3 is 6.09 Å². The van der Waals surface area contributed by atoms with Gasteiger partial charge in [-0.1, -0.05) is 0 Å². The van der Waals surface area contributed by atoms with E-state index in [0.29, 0.717) is 35.1 Å². The summed E-state index contributed by atoms with van der Waals surface area (Å²) in [4.78, 5) is 30.0. The molecule has 1 saturated carbocycles. The Morgan fingerprint density at radius 2 is 1.96 bits per heavy atom. The van der Waals surface area contributed by atoms with Gasteiger partial charge in [-0.05, 0) is 48.8 Å². The molecule has 0 aromatic carbocycles. The van der Waals surface area contributed by atoms with Crippen LogP contribution in [0.4, 0.5) is 4.79 Å². The Kier molecular flexibility index (Phi) is 4.08. The number of hydrogen-bond acceptors (Lipinski definition) is 4. The van der Waals surface area contributed by atoms with Crippen LogP contribution in [0.3, 0.4) is 0 Å². The van der Waals surface area contributed by atoms with Crippen LogP contribution in [0.2, 0.25) is 0 Å². The number of nitrogens with one attached hydrogen (secondary N) is 1. The lowest BCUT2D eigenvalue weighted by Gasteiger charge is -2.26. The summed E-state index contributed by atoms with van der Waals surface area (Å²) in [5.74, 6) is 0.540. The van der Waals surface area contributed by atoms with Crippen molar-refractivity contribution in [1.29, 1.82) is 0 Å². The molecule has 2 heterocycles. The van der Waals surface area contributed by atoms with Crippen LogP contribution in [0.5, 0.6) is 0 Å². The predicted molar refractivity (Wildman–Crippen MR) is 88.0 cm³/mol. The van der Waals surface area contributed by atoms with Crippen molar-refractivity contribution >= 4 is 27.9 Å². The zero-order valence-corrected chi connectivity index (χ0v) is 15.0. The number of amides is 2. The van der Waals surface area contributed by atoms with E-state index < -0.39 is 5.60 Å². The van der Waals surface area contributed by atoms with E-state index in [0.717, 1.165) is 0 Å². The van der Waals surface area contributed by atoms with Crippen molar-refractivity contribution in [3.8, 4) is 0 Å². The first kappa shape index (κ1) is 16.2. The molecule has 7 heteroatoms. The van der Waals surface area contributed by atoms with Crippen LogP contribution in [-0.2, 0) is 4.74 Å². The number of halogens is 1. The Bertz CT molecular complexity index is 614. The molecule has 1 unspecified atom stereocenters. The Labute approximate surface area is 143 Å². The number of nitrogens with zero attached hydrogens (tertiary/aromatic N) is 2. The zero-order valence-electron chi connectivity index (χ0n) is 13.4. The second-order valence-corrected chi connectivity index (χ2v) is 7.89. The molecule has 1 aromatic rings. The monoisotopic (exact) mass is 381 g/mol. The maximum atomic E-state index is 12.2. The fourth-order valence-corrected chi connectivity index (χ4v) is 3.20. The van der Waals surface area contributed by atoms with Gasteiger partial charge in [-0.2, -0.15) is 0 Å². The lowest BCUT2D eigenvalue weighted by molar-refractivity contribution is 0.0270. The molecule has 1 aliphatic carbocycles. The molecule has 2 fully saturated rings. The molecule has 1 saturated heterocycles. The maximum Gasteiger partial charge on any atom is 0.410 e. The molecule has 0 spiro atoms. The molecule has 3 rings (SSSR count). The smallest absolute Gasteiger partial charge is 0.410 e. The summed E-state index contributed by atoms with van der Waals surface area (Å²) < 4.78 is 6.07. The molecule has 2 aliphatic rings. The van der Waals surface area contributed by atoms with Crippen LogP contribution in [-0.4, -0.2) is 46.6 Å². The molecule has 124 valence electrons. The standard InChI is InChI=1S/C16H20BrN3O3/c1-16(2,3)23-15(22)20-7-10-11(8-20)13(10)19-14(21)9-4-5-12(17)18-6-9/h4-6,10-11,13H,7-8H2,1-3H3,(H,19,21)/t10-,11+,13?. The highest BCUT2D eigenvalue weighted by Crippen LogP contribution is 2.45. The number of fused-ring (bicyclic) bond motifs is 1. The molecule has 0 bridgehead atoms. The molecule has 0 radical (unpaired) electrons. The third-order valence-electron chi connectivity index (χ3n) is 4.13. The van der Waals surface area contributed by atoms with Crippen LogP contribution in [0.15, 0.2) is 22.9 Å². The van der Waals surface area contributed by atoms with Crippen molar-refractivity contribution in [3.05, 3.63) is 28.5 Å². The number of hydrogen-bond donors (Lipinski definition) is 1. The average Bonchev–Trinajstić information content (AvgIpc) is 2.90. The Hall–Kier alpha value is -1.63. The van der Waals surface area contributed by atoms with Crippen LogP contribution < -0.4 is 5.32 Å². The normalized spacial score (nSPS) is 25.7. The van der Waals surface area contributed by atoms with Gasteiger partial charge in [0.15, 0.2) is 0 Å². The Morgan fingerprint density at radius 3 is 2.48 bits per heavy atom. The molecule has 2 amide bonds. The number of rotatable bonds is 2. The van der Waals surface area contributed by atoms with Gasteiger partial charge in [0.2, 0.25) is 0 Å². The molecular formula is C16H20BrN3O3. The van der Waals surface area contributed by atoms with E-state index in [9.17, 15) is 9.59 Å². The molecule has 23 heavy (non-hydrogen) atoms. The predicted octanol–water partition coefficient (Wildman–Crippen LogP) is 2.44. The summed E-state index contributed by atoms with van der Waals surface area (Å²) in [7, 11) is 0. The van der Waals surface area contributed by atoms with Gasteiger partial charge in [0.1, 0.15) is 10.2 Å². The number of carbonyl (C=O) groups is 2. The molecule has 6 nitrogen and oxygen atoms in total. The van der Waals surface area contributed by atoms with Gasteiger partial charge in [0.25, 0.3) is 5.91 Å². The highest BCUT2D eigenvalue weighted by atomic mass is 79.9. The summed E-state index contributed by atoms with van der Waals surface area (Å²) in [5, 5.41) is 3.03. The summed E-state index contributed by atoms with van der Waals surface area (Å²) >= 11 is 3.25. The number of ether oxygens (including phenoxy) is 1. The lowest BCUT2D eigenvalue weighted by Crippen LogP contribution is -2.40. The number of carbonyl (C=O) groups excluding carboxylic acids is 2. The van der Waals surface area contributed by atoms with E-state index in [-0.39, 0.29) is 18.0 Å². The van der Waals surface area contributed by atoms with Crippen molar-refractivity contribution < 1.29 is 14.3 Å². The largest absolute Gasteiger partial charge is 0.444 e. The Balaban J connectivity index is 1.49. The molecule has 1 N–H and O–H groups in total. The summed E-state index contributed by atoms with van der Waals surface area (Å²) in [6.45, 7) is 6.86. The van der Waals surface area contributed by atoms with Gasteiger partial charge in [-0.15, -0.1) is 0 Å². The number of piperidine rings is 1. The summed E-state index contributed by atoms with van der Waals surface area (Å²) in [6, 6.07) is 3.62. The van der Waals surface area contributed by atoms with Gasteiger partial charge < -0.3 is 15.0 Å². The van der Waals surface area contributed by atoms with Crippen LogP contribution in [0, 0.1) is 11.8 Å². The van der Waals surface area contributed by atoms with Gasteiger partial charge in [0, 0.05) is 37.2 Å². The molecule has 3 atom stereocenters. The second kappa shape index (κ2) is 5.78. The second-order valence-electron chi connectivity index (χ2n) is 7.08. The van der Waals surface area contributed by atoms with E-state index >= 15 is 0 Å². The van der Waals surface area contributed by atoms with E-state index in [1.165, 1.54) is 0 Å². The minimum atomic E-state index is -0.480. The van der Waals surface area contributed by atoms with Crippen molar-refractivity contribution in [3.63, 3.8) is 0 Å². The topological polar surface area (TPSA) is 71.5 Å². The first-order chi connectivity index (χ1) is 10.7. The maximum absolute atomic E-state index is 12.2. The highest BCUT2D eigenvalue weighted by molar-refractivity contribution is 9.10. The minimum Gasteiger partial charge on any atom is -0.444 e. The number of likely N-dealkylation sites (tertiary alicyclic amines) is 1. The lowest BCUT2D eigenvalue weighted by atomic mass is 10.2. The van der Waals surface area contributed by atoms with Crippen molar-refractivity contribution in [2.75, 3.05) is 13.1 Å². The van der Waals surface area contributed by atoms with Crippen molar-refractivity contribution in [2.45, 2.75) is 32.4 Å². The summed E-state index contributed by atoms with van der Waals surface area (Å²) in [6.07, 6.45) is 1.27. The van der Waals surface area contributed by atoms with E-state index in [2.05, 4.69) is 26.2 Å². The quantitative estimate of drug-likeness (QED) is 0.798.